The maximum Gasteiger partial charge on any atom is 0.420 e. The van der Waals surface area contributed by atoms with E-state index in [1.165, 1.54) is 16.9 Å². The summed E-state index contributed by atoms with van der Waals surface area (Å²) in [5.74, 6) is 0.726. The fraction of sp³-hybridized carbons (Fsp3) is 0.444. The van der Waals surface area contributed by atoms with Crippen molar-refractivity contribution in [1.29, 1.82) is 0 Å². The molecule has 0 saturated heterocycles. The van der Waals surface area contributed by atoms with Crippen molar-refractivity contribution in [2.45, 2.75) is 45.3 Å². The number of aromatic nitrogens is 2. The highest BCUT2D eigenvalue weighted by Gasteiger charge is 2.36. The lowest BCUT2D eigenvalue weighted by atomic mass is 10.2. The second kappa shape index (κ2) is 9.07. The molecule has 2 aromatic rings. The van der Waals surface area contributed by atoms with Crippen LogP contribution in [0.5, 0.6) is 0 Å². The number of nitrogens with zero attached hydrogens (tertiary/aromatic N) is 2. The van der Waals surface area contributed by atoms with Crippen LogP contribution in [0.3, 0.4) is 0 Å². The minimum Gasteiger partial charge on any atom is -0.311 e. The minimum absolute atomic E-state index is 0.143. The molecule has 0 aliphatic carbocycles. The van der Waals surface area contributed by atoms with Crippen LogP contribution >= 0.6 is 11.3 Å². The number of nitrogens with one attached hydrogen (secondary N) is 1. The van der Waals surface area contributed by atoms with Gasteiger partial charge in [0.1, 0.15) is 11.4 Å². The number of rotatable bonds is 1. The molecule has 27 heavy (non-hydrogen) atoms. The van der Waals surface area contributed by atoms with E-state index < -0.39 is 22.5 Å². The van der Waals surface area contributed by atoms with Crippen LogP contribution < -0.4 is 5.32 Å². The van der Waals surface area contributed by atoms with Crippen molar-refractivity contribution >= 4 is 22.1 Å². The van der Waals surface area contributed by atoms with Crippen LogP contribution in [-0.2, 0) is 23.5 Å². The summed E-state index contributed by atoms with van der Waals surface area (Å²) >= 11 is 1.20. The molecular formula is C18H22F3N3OS2. The maximum absolute atomic E-state index is 13.1. The van der Waals surface area contributed by atoms with Gasteiger partial charge < -0.3 is 5.32 Å². The van der Waals surface area contributed by atoms with Crippen molar-refractivity contribution in [1.82, 2.24) is 15.3 Å². The first-order chi connectivity index (χ1) is 12.6. The summed E-state index contributed by atoms with van der Waals surface area (Å²) < 4.78 is 51.6. The molecule has 0 spiro atoms. The van der Waals surface area contributed by atoms with E-state index >= 15 is 0 Å². The van der Waals surface area contributed by atoms with E-state index in [4.69, 9.17) is 0 Å². The third-order valence-corrected chi connectivity index (χ3v) is 6.49. The molecule has 0 saturated carbocycles. The molecule has 1 aliphatic heterocycles. The quantitative estimate of drug-likeness (QED) is 0.683. The highest BCUT2D eigenvalue weighted by atomic mass is 32.2. The Hall–Kier alpha value is -1.58. The molecule has 0 amide bonds. The van der Waals surface area contributed by atoms with Crippen LogP contribution in [0.2, 0.25) is 0 Å². The van der Waals surface area contributed by atoms with E-state index in [2.05, 4.69) is 35.2 Å². The first kappa shape index (κ1) is 21.7. The highest BCUT2D eigenvalue weighted by molar-refractivity contribution is 7.85. The number of alkyl halides is 3. The molecule has 4 nitrogen and oxygen atoms in total. The fourth-order valence-corrected chi connectivity index (χ4v) is 4.82. The first-order valence-corrected chi connectivity index (χ1v) is 10.5. The Kier molecular flexibility index (Phi) is 7.30. The molecule has 1 aliphatic rings. The molecule has 0 radical (unpaired) electrons. The average molecular weight is 418 g/mol. The van der Waals surface area contributed by atoms with Crippen LogP contribution in [0, 0.1) is 6.92 Å². The lowest BCUT2D eigenvalue weighted by Gasteiger charge is -2.10. The van der Waals surface area contributed by atoms with Crippen molar-refractivity contribution in [2.75, 3.05) is 12.3 Å². The van der Waals surface area contributed by atoms with Gasteiger partial charge in [-0.15, -0.1) is 11.3 Å². The molecule has 1 unspecified atom stereocenters. The molecule has 2 aromatic heterocycles. The number of hydrogen-bond donors (Lipinski definition) is 1. The molecule has 0 aromatic carbocycles. The Bertz CT molecular complexity index is 856. The third kappa shape index (κ3) is 5.70. The topological polar surface area (TPSA) is 54.9 Å². The summed E-state index contributed by atoms with van der Waals surface area (Å²) in [6.45, 7) is 8.89. The number of halogens is 3. The Morgan fingerprint density at radius 2 is 2.04 bits per heavy atom. The van der Waals surface area contributed by atoms with E-state index in [0.29, 0.717) is 28.6 Å². The van der Waals surface area contributed by atoms with Crippen molar-refractivity contribution in [3.63, 3.8) is 0 Å². The zero-order valence-electron chi connectivity index (χ0n) is 15.6. The standard InChI is InChI=1S/C13H12F3N3OS2.C5H10/c1-7-18-5-8(13(14,15)16)12(19-7)9-4-11-10(21-9)6-17-2-3-22(11)20;1-4-5(2)3/h4-5,17H,2-3,6H2,1H3;4H,1-3H3. The second-order valence-electron chi connectivity index (χ2n) is 6.17. The molecule has 0 fully saturated rings. The SMILES string of the molecule is CC=C(C)C.Cc1ncc(C(F)(F)F)c(-c2cc3c(s2)CNCCS3=O)n1. The Morgan fingerprint density at radius 1 is 1.37 bits per heavy atom. The van der Waals surface area contributed by atoms with Crippen LogP contribution in [0.25, 0.3) is 10.6 Å². The van der Waals surface area contributed by atoms with Gasteiger partial charge in [0.25, 0.3) is 0 Å². The van der Waals surface area contributed by atoms with Gasteiger partial charge in [0.05, 0.1) is 26.3 Å². The normalized spacial score (nSPS) is 16.6. The minimum atomic E-state index is -4.53. The van der Waals surface area contributed by atoms with E-state index in [0.717, 1.165) is 11.1 Å². The summed E-state index contributed by atoms with van der Waals surface area (Å²) in [6.07, 6.45) is -1.64. The predicted molar refractivity (Wildman–Crippen MR) is 103 cm³/mol. The Morgan fingerprint density at radius 3 is 2.63 bits per heavy atom. The molecule has 3 rings (SSSR count). The lowest BCUT2D eigenvalue weighted by Crippen LogP contribution is -2.15. The van der Waals surface area contributed by atoms with Gasteiger partial charge in [-0.1, -0.05) is 11.6 Å². The zero-order valence-corrected chi connectivity index (χ0v) is 17.2. The van der Waals surface area contributed by atoms with Gasteiger partial charge in [0, 0.05) is 29.9 Å². The van der Waals surface area contributed by atoms with Gasteiger partial charge in [0.15, 0.2) is 0 Å². The number of allylic oxidation sites excluding steroid dienone is 2. The summed E-state index contributed by atoms with van der Waals surface area (Å²) in [6, 6.07) is 1.57. The van der Waals surface area contributed by atoms with E-state index in [1.54, 1.807) is 13.0 Å². The van der Waals surface area contributed by atoms with Crippen LogP contribution in [-0.4, -0.2) is 26.5 Å². The summed E-state index contributed by atoms with van der Waals surface area (Å²) in [7, 11) is -1.20. The summed E-state index contributed by atoms with van der Waals surface area (Å²) in [4.78, 5) is 9.39. The van der Waals surface area contributed by atoms with E-state index in [9.17, 15) is 17.4 Å². The number of aryl methyl sites for hydroxylation is 1. The molecule has 1 N–H and O–H groups in total. The second-order valence-corrected chi connectivity index (χ2v) is 8.84. The van der Waals surface area contributed by atoms with Gasteiger partial charge >= 0.3 is 6.18 Å². The van der Waals surface area contributed by atoms with Gasteiger partial charge in [-0.3, -0.25) is 4.21 Å². The van der Waals surface area contributed by atoms with Crippen molar-refractivity contribution < 1.29 is 17.4 Å². The molecule has 3 heterocycles. The van der Waals surface area contributed by atoms with Crippen LogP contribution in [0.1, 0.15) is 37.0 Å². The van der Waals surface area contributed by atoms with Crippen molar-refractivity contribution in [3.8, 4) is 10.6 Å². The molecule has 148 valence electrons. The van der Waals surface area contributed by atoms with Crippen molar-refractivity contribution in [3.05, 3.63) is 40.2 Å². The first-order valence-electron chi connectivity index (χ1n) is 8.36. The zero-order chi connectivity index (χ0) is 20.2. The van der Waals surface area contributed by atoms with Crippen molar-refractivity contribution in [2.24, 2.45) is 0 Å². The average Bonchev–Trinajstić information content (AvgIpc) is 2.94. The van der Waals surface area contributed by atoms with Crippen LogP contribution in [0.15, 0.2) is 28.8 Å². The number of fused-ring (bicyclic) bond motifs is 1. The lowest BCUT2D eigenvalue weighted by molar-refractivity contribution is -0.137. The highest BCUT2D eigenvalue weighted by Crippen LogP contribution is 2.40. The Balaban J connectivity index is 0.000000465. The van der Waals surface area contributed by atoms with Gasteiger partial charge in [0.2, 0.25) is 0 Å². The molecule has 1 atom stereocenters. The number of thiophene rings is 1. The number of hydrogen-bond acceptors (Lipinski definition) is 5. The van der Waals surface area contributed by atoms with Crippen LogP contribution in [0.4, 0.5) is 13.2 Å². The fourth-order valence-electron chi connectivity index (χ4n) is 2.19. The third-order valence-electron chi connectivity index (χ3n) is 3.79. The van der Waals surface area contributed by atoms with E-state index in [1.807, 2.05) is 6.92 Å². The molecular weight excluding hydrogens is 395 g/mol. The van der Waals surface area contributed by atoms with Gasteiger partial charge in [-0.2, -0.15) is 13.2 Å². The van der Waals surface area contributed by atoms with E-state index in [-0.39, 0.29) is 11.5 Å². The van der Waals surface area contributed by atoms with Gasteiger partial charge in [-0.25, -0.2) is 9.97 Å². The monoisotopic (exact) mass is 417 g/mol. The predicted octanol–water partition coefficient (Wildman–Crippen LogP) is 4.72. The summed E-state index contributed by atoms with van der Waals surface area (Å²) in [5.41, 5.74) is 0.369. The maximum atomic E-state index is 13.1. The van der Waals surface area contributed by atoms with Gasteiger partial charge in [-0.05, 0) is 33.8 Å². The summed E-state index contributed by atoms with van der Waals surface area (Å²) in [5, 5.41) is 3.12. The Labute approximate surface area is 163 Å². The largest absolute Gasteiger partial charge is 0.420 e. The molecule has 0 bridgehead atoms. The molecule has 9 heteroatoms. The smallest absolute Gasteiger partial charge is 0.311 e.